The number of hydrogen-bond donors (Lipinski definition) is 3. The Morgan fingerprint density at radius 3 is 0.866 bits per heavy atom. The van der Waals surface area contributed by atoms with Crippen LogP contribution in [-0.2, 0) is 65.4 Å². The fraction of sp³-hybridized carbons (Fsp3) is 0.937. The van der Waals surface area contributed by atoms with Gasteiger partial charge in [-0.05, 0) is 31.6 Å². The van der Waals surface area contributed by atoms with Gasteiger partial charge in [0.05, 0.1) is 26.4 Å². The Hall–Kier alpha value is -1.94. The van der Waals surface area contributed by atoms with E-state index in [9.17, 15) is 43.2 Å². The first-order chi connectivity index (χ1) is 39.6. The Balaban J connectivity index is 5.17. The molecule has 0 heterocycles. The van der Waals surface area contributed by atoms with Crippen LogP contribution in [0.15, 0.2) is 0 Å². The molecule has 0 aromatic heterocycles. The summed E-state index contributed by atoms with van der Waals surface area (Å²) < 4.78 is 67.7. The van der Waals surface area contributed by atoms with E-state index in [1.807, 2.05) is 0 Å². The van der Waals surface area contributed by atoms with Crippen LogP contribution in [0, 0.1) is 5.92 Å². The normalized spacial score (nSPS) is 14.6. The molecule has 0 aromatic carbocycles. The van der Waals surface area contributed by atoms with Gasteiger partial charge in [0.25, 0.3) is 0 Å². The minimum absolute atomic E-state index is 0.105. The maximum absolute atomic E-state index is 13.0. The molecule has 3 unspecified atom stereocenters. The Morgan fingerprint density at radius 1 is 0.341 bits per heavy atom. The molecule has 0 aliphatic heterocycles. The molecule has 0 fully saturated rings. The molecule has 0 rings (SSSR count). The first kappa shape index (κ1) is 80.1. The number of hydrogen-bond acceptors (Lipinski definition) is 15. The summed E-state index contributed by atoms with van der Waals surface area (Å²) in [6.07, 6.45) is 40.6. The van der Waals surface area contributed by atoms with Crippen LogP contribution in [0.4, 0.5) is 0 Å². The fourth-order valence-electron chi connectivity index (χ4n) is 9.37. The number of unbranched alkanes of at least 4 members (excludes halogenated alkanes) is 34. The summed E-state index contributed by atoms with van der Waals surface area (Å²) >= 11 is 0. The van der Waals surface area contributed by atoms with Crippen LogP contribution < -0.4 is 0 Å². The number of aliphatic hydroxyl groups is 1. The minimum Gasteiger partial charge on any atom is -0.462 e. The van der Waals surface area contributed by atoms with Gasteiger partial charge in [-0.15, -0.1) is 0 Å². The highest BCUT2D eigenvalue weighted by atomic mass is 31.2. The topological polar surface area (TPSA) is 237 Å². The maximum Gasteiger partial charge on any atom is 0.472 e. The average Bonchev–Trinajstić information content (AvgIpc) is 3.45. The summed E-state index contributed by atoms with van der Waals surface area (Å²) in [5.74, 6) is -1.37. The second-order valence-corrected chi connectivity index (χ2v) is 25.9. The van der Waals surface area contributed by atoms with Gasteiger partial charge in [0, 0.05) is 25.7 Å². The van der Waals surface area contributed by atoms with Gasteiger partial charge < -0.3 is 33.8 Å². The summed E-state index contributed by atoms with van der Waals surface area (Å²) in [6, 6.07) is 0. The van der Waals surface area contributed by atoms with Crippen molar-refractivity contribution in [2.45, 2.75) is 335 Å². The minimum atomic E-state index is -4.94. The number of aliphatic hydroxyl groups excluding tert-OH is 1. The van der Waals surface area contributed by atoms with Gasteiger partial charge in [-0.1, -0.05) is 266 Å². The standard InChI is InChI=1S/C63H122O17P2/c1-6-10-13-16-18-20-21-22-23-24-25-26-28-34-39-44-49-63(68)80-59(53-74-61(66)47-42-37-32-30-29-31-36-40-45-56(5)9-4)55-78-82(71,72)76-51-57(64)50-75-81(69,70)77-54-58(52-73-60(65)46-41-35-15-12-8-3)79-62(67)48-43-38-33-27-19-17-14-11-7-2/h56-59,64H,6-55H2,1-5H3,(H,69,70)(H,71,72)/t56?,57-,58+,59+/m0/s1. The molecule has 19 heteroatoms. The highest BCUT2D eigenvalue weighted by Gasteiger charge is 2.30. The van der Waals surface area contributed by atoms with Gasteiger partial charge >= 0.3 is 39.5 Å². The van der Waals surface area contributed by atoms with E-state index in [1.165, 1.54) is 135 Å². The van der Waals surface area contributed by atoms with Gasteiger partial charge in [0.1, 0.15) is 19.3 Å². The maximum atomic E-state index is 13.0. The van der Waals surface area contributed by atoms with Gasteiger partial charge in [-0.25, -0.2) is 9.13 Å². The predicted molar refractivity (Wildman–Crippen MR) is 326 cm³/mol. The Morgan fingerprint density at radius 2 is 0.585 bits per heavy atom. The molecular formula is C63H122O17P2. The summed E-state index contributed by atoms with van der Waals surface area (Å²) in [7, 11) is -9.87. The molecule has 0 bridgehead atoms. The van der Waals surface area contributed by atoms with Crippen molar-refractivity contribution in [3.63, 3.8) is 0 Å². The van der Waals surface area contributed by atoms with E-state index in [2.05, 4.69) is 34.6 Å². The first-order valence-electron chi connectivity index (χ1n) is 33.2. The van der Waals surface area contributed by atoms with Crippen molar-refractivity contribution in [3.05, 3.63) is 0 Å². The lowest BCUT2D eigenvalue weighted by atomic mass is 9.99. The molecule has 0 aromatic rings. The van der Waals surface area contributed by atoms with E-state index >= 15 is 0 Å². The van der Waals surface area contributed by atoms with Crippen LogP contribution in [-0.4, -0.2) is 96.7 Å². The van der Waals surface area contributed by atoms with Crippen LogP contribution in [0.5, 0.6) is 0 Å². The van der Waals surface area contributed by atoms with Crippen molar-refractivity contribution < 1.29 is 80.2 Å². The number of carbonyl (C=O) groups is 4. The van der Waals surface area contributed by atoms with Crippen molar-refractivity contribution in [1.82, 2.24) is 0 Å². The van der Waals surface area contributed by atoms with E-state index in [4.69, 9.17) is 37.0 Å². The summed E-state index contributed by atoms with van der Waals surface area (Å²) in [5.41, 5.74) is 0. The lowest BCUT2D eigenvalue weighted by Crippen LogP contribution is -2.30. The number of phosphoric ester groups is 2. The third-order valence-electron chi connectivity index (χ3n) is 14.9. The molecule has 3 N–H and O–H groups in total. The van der Waals surface area contributed by atoms with Crippen molar-refractivity contribution in [1.29, 1.82) is 0 Å². The Kier molecular flexibility index (Phi) is 55.5. The Bertz CT molecular complexity index is 1600. The molecule has 0 aliphatic rings. The highest BCUT2D eigenvalue weighted by molar-refractivity contribution is 7.47. The van der Waals surface area contributed by atoms with Crippen LogP contribution >= 0.6 is 15.6 Å². The molecule has 17 nitrogen and oxygen atoms in total. The first-order valence-corrected chi connectivity index (χ1v) is 36.2. The van der Waals surface area contributed by atoms with Gasteiger partial charge in [-0.2, -0.15) is 0 Å². The zero-order valence-electron chi connectivity index (χ0n) is 52.6. The zero-order valence-corrected chi connectivity index (χ0v) is 54.4. The largest absolute Gasteiger partial charge is 0.472 e. The zero-order chi connectivity index (χ0) is 60.6. The molecule has 0 aliphatic carbocycles. The van der Waals surface area contributed by atoms with Crippen molar-refractivity contribution in [3.8, 4) is 0 Å². The van der Waals surface area contributed by atoms with Crippen molar-refractivity contribution in [2.75, 3.05) is 39.6 Å². The van der Waals surface area contributed by atoms with E-state index < -0.39 is 97.5 Å². The van der Waals surface area contributed by atoms with E-state index in [-0.39, 0.29) is 25.7 Å². The molecule has 0 saturated heterocycles. The molecule has 0 amide bonds. The molecule has 82 heavy (non-hydrogen) atoms. The molecule has 0 saturated carbocycles. The molecule has 0 spiro atoms. The van der Waals surface area contributed by atoms with Crippen LogP contribution in [0.3, 0.4) is 0 Å². The monoisotopic (exact) mass is 1210 g/mol. The summed E-state index contributed by atoms with van der Waals surface area (Å²) in [6.45, 7) is 7.09. The number of phosphoric acid groups is 2. The van der Waals surface area contributed by atoms with E-state index in [0.717, 1.165) is 102 Å². The molecule has 6 atom stereocenters. The van der Waals surface area contributed by atoms with Gasteiger partial charge in [0.15, 0.2) is 12.2 Å². The Labute approximate surface area is 498 Å². The highest BCUT2D eigenvalue weighted by Crippen LogP contribution is 2.45. The third-order valence-corrected chi connectivity index (χ3v) is 16.8. The molecule has 0 radical (unpaired) electrons. The third kappa shape index (κ3) is 55.9. The SMILES string of the molecule is CCCCCCCCCCCCCCCCCCC(=O)O[C@H](COC(=O)CCCCCCCCCCC(C)CC)COP(=O)(O)OC[C@@H](O)COP(=O)(O)OC[C@@H](COC(=O)CCCCCCC)OC(=O)CCCCCCCCCCC. The van der Waals surface area contributed by atoms with Gasteiger partial charge in [-0.3, -0.25) is 37.3 Å². The van der Waals surface area contributed by atoms with Crippen molar-refractivity contribution >= 4 is 39.5 Å². The number of esters is 4. The lowest BCUT2D eigenvalue weighted by molar-refractivity contribution is -0.161. The van der Waals surface area contributed by atoms with Crippen LogP contribution in [0.1, 0.15) is 317 Å². The van der Waals surface area contributed by atoms with E-state index in [1.54, 1.807) is 0 Å². The number of rotatable bonds is 63. The van der Waals surface area contributed by atoms with E-state index in [0.29, 0.717) is 25.7 Å². The number of ether oxygens (including phenoxy) is 4. The quantitative estimate of drug-likeness (QED) is 0.0222. The number of carbonyl (C=O) groups excluding carboxylic acids is 4. The fourth-order valence-corrected chi connectivity index (χ4v) is 11.0. The van der Waals surface area contributed by atoms with Crippen LogP contribution in [0.25, 0.3) is 0 Å². The average molecular weight is 1210 g/mol. The second-order valence-electron chi connectivity index (χ2n) is 23.0. The predicted octanol–water partition coefficient (Wildman–Crippen LogP) is 17.4. The lowest BCUT2D eigenvalue weighted by Gasteiger charge is -2.21. The summed E-state index contributed by atoms with van der Waals surface area (Å²) in [4.78, 5) is 71.9. The second kappa shape index (κ2) is 56.8. The smallest absolute Gasteiger partial charge is 0.462 e. The molecular weight excluding hydrogens is 1090 g/mol. The van der Waals surface area contributed by atoms with Crippen LogP contribution in [0.2, 0.25) is 0 Å². The summed E-state index contributed by atoms with van der Waals surface area (Å²) in [5, 5.41) is 10.5. The van der Waals surface area contributed by atoms with Crippen molar-refractivity contribution in [2.24, 2.45) is 5.92 Å². The molecule has 486 valence electrons. The van der Waals surface area contributed by atoms with Gasteiger partial charge in [0.2, 0.25) is 0 Å².